The van der Waals surface area contributed by atoms with Crippen molar-refractivity contribution in [2.24, 2.45) is 5.92 Å². The third-order valence-electron chi connectivity index (χ3n) is 3.21. The van der Waals surface area contributed by atoms with Crippen LogP contribution in [0.1, 0.15) is 43.3 Å². The zero-order valence-corrected chi connectivity index (χ0v) is 12.5. The van der Waals surface area contributed by atoms with Crippen LogP contribution >= 0.6 is 11.3 Å². The van der Waals surface area contributed by atoms with Crippen LogP contribution in [0.4, 0.5) is 0 Å². The van der Waals surface area contributed by atoms with Gasteiger partial charge in [-0.2, -0.15) is 0 Å². The molecule has 4 nitrogen and oxygen atoms in total. The Morgan fingerprint density at radius 3 is 2.53 bits per heavy atom. The quantitative estimate of drug-likeness (QED) is 0.807. The predicted molar refractivity (Wildman–Crippen MR) is 78.3 cm³/mol. The van der Waals surface area contributed by atoms with Crippen molar-refractivity contribution < 1.29 is 9.59 Å². The lowest BCUT2D eigenvalue weighted by Crippen LogP contribution is -2.45. The second-order valence-corrected chi connectivity index (χ2v) is 5.55. The summed E-state index contributed by atoms with van der Waals surface area (Å²) in [6.45, 7) is 6.60. The molecule has 0 bridgehead atoms. The van der Waals surface area contributed by atoms with Crippen LogP contribution in [0.15, 0.2) is 17.5 Å². The smallest absolute Gasteiger partial charge is 0.261 e. The fourth-order valence-corrected chi connectivity index (χ4v) is 2.34. The number of carbonyl (C=O) groups is 2. The standard InChI is InChI=1S/C14H22N2O2S/c1-4-11(5-2)9-15-13(17)10(3)16-14(18)12-7-6-8-19-12/h6-8,10-11H,4-5,9H2,1-3H3,(H,15,17)(H,16,18). The number of rotatable bonds is 7. The average molecular weight is 282 g/mol. The van der Waals surface area contributed by atoms with Gasteiger partial charge in [-0.05, 0) is 24.3 Å². The molecular formula is C14H22N2O2S. The van der Waals surface area contributed by atoms with Crippen LogP contribution in [-0.4, -0.2) is 24.4 Å². The van der Waals surface area contributed by atoms with Crippen molar-refractivity contribution in [2.45, 2.75) is 39.7 Å². The Balaban J connectivity index is 2.38. The second-order valence-electron chi connectivity index (χ2n) is 4.60. The Kier molecular flexibility index (Phi) is 6.56. The van der Waals surface area contributed by atoms with E-state index in [-0.39, 0.29) is 11.8 Å². The molecule has 0 saturated carbocycles. The molecule has 0 spiro atoms. The highest BCUT2D eigenvalue weighted by Gasteiger charge is 2.17. The van der Waals surface area contributed by atoms with Gasteiger partial charge >= 0.3 is 0 Å². The van der Waals surface area contributed by atoms with Crippen molar-refractivity contribution >= 4 is 23.2 Å². The van der Waals surface area contributed by atoms with E-state index in [1.807, 2.05) is 11.4 Å². The fourth-order valence-electron chi connectivity index (χ4n) is 1.72. The van der Waals surface area contributed by atoms with Crippen LogP contribution in [0, 0.1) is 5.92 Å². The van der Waals surface area contributed by atoms with E-state index in [0.29, 0.717) is 17.3 Å². The summed E-state index contributed by atoms with van der Waals surface area (Å²) in [5.74, 6) is 0.182. The lowest BCUT2D eigenvalue weighted by molar-refractivity contribution is -0.122. The lowest BCUT2D eigenvalue weighted by Gasteiger charge is -2.17. The summed E-state index contributed by atoms with van der Waals surface area (Å²) >= 11 is 1.37. The monoisotopic (exact) mass is 282 g/mol. The number of hydrogen-bond acceptors (Lipinski definition) is 3. The van der Waals surface area contributed by atoms with Gasteiger partial charge in [0.05, 0.1) is 4.88 Å². The first-order chi connectivity index (χ1) is 9.08. The zero-order chi connectivity index (χ0) is 14.3. The largest absolute Gasteiger partial charge is 0.354 e. The fraction of sp³-hybridized carbons (Fsp3) is 0.571. The summed E-state index contributed by atoms with van der Waals surface area (Å²) < 4.78 is 0. The Bertz CT molecular complexity index is 400. The number of amides is 2. The minimum Gasteiger partial charge on any atom is -0.354 e. The summed E-state index contributed by atoms with van der Waals surface area (Å²) in [5, 5.41) is 7.43. The summed E-state index contributed by atoms with van der Waals surface area (Å²) in [5.41, 5.74) is 0. The minimum absolute atomic E-state index is 0.128. The Morgan fingerprint density at radius 1 is 1.32 bits per heavy atom. The van der Waals surface area contributed by atoms with E-state index in [1.165, 1.54) is 11.3 Å². The maximum Gasteiger partial charge on any atom is 0.261 e. The van der Waals surface area contributed by atoms with Crippen molar-refractivity contribution in [2.75, 3.05) is 6.54 Å². The van der Waals surface area contributed by atoms with Crippen LogP contribution in [0.3, 0.4) is 0 Å². The van der Waals surface area contributed by atoms with Gasteiger partial charge in [0.1, 0.15) is 6.04 Å². The number of carbonyl (C=O) groups excluding carboxylic acids is 2. The van der Waals surface area contributed by atoms with E-state index in [2.05, 4.69) is 24.5 Å². The summed E-state index contributed by atoms with van der Waals surface area (Å²) in [7, 11) is 0. The molecule has 0 aromatic carbocycles. The molecule has 1 aromatic rings. The molecule has 106 valence electrons. The highest BCUT2D eigenvalue weighted by molar-refractivity contribution is 7.12. The van der Waals surface area contributed by atoms with E-state index in [0.717, 1.165) is 12.8 Å². The molecule has 19 heavy (non-hydrogen) atoms. The van der Waals surface area contributed by atoms with Crippen molar-refractivity contribution in [3.05, 3.63) is 22.4 Å². The van der Waals surface area contributed by atoms with Crippen molar-refractivity contribution in [1.82, 2.24) is 10.6 Å². The molecule has 0 saturated heterocycles. The van der Waals surface area contributed by atoms with E-state index < -0.39 is 6.04 Å². The Labute approximate surface area is 118 Å². The van der Waals surface area contributed by atoms with Gasteiger partial charge in [-0.15, -0.1) is 11.3 Å². The van der Waals surface area contributed by atoms with Gasteiger partial charge in [0, 0.05) is 6.54 Å². The molecule has 0 radical (unpaired) electrons. The van der Waals surface area contributed by atoms with Crippen LogP contribution in [0.5, 0.6) is 0 Å². The van der Waals surface area contributed by atoms with Gasteiger partial charge in [0.15, 0.2) is 0 Å². The zero-order valence-electron chi connectivity index (χ0n) is 11.7. The Morgan fingerprint density at radius 2 is 2.00 bits per heavy atom. The van der Waals surface area contributed by atoms with Crippen molar-refractivity contribution in [3.63, 3.8) is 0 Å². The average Bonchev–Trinajstić information content (AvgIpc) is 2.93. The molecule has 1 rings (SSSR count). The van der Waals surface area contributed by atoms with Crippen molar-refractivity contribution in [3.8, 4) is 0 Å². The molecule has 0 aliphatic heterocycles. The van der Waals surface area contributed by atoms with E-state index in [4.69, 9.17) is 0 Å². The first-order valence-electron chi connectivity index (χ1n) is 6.70. The third kappa shape index (κ3) is 5.03. The van der Waals surface area contributed by atoms with Gasteiger partial charge in [-0.3, -0.25) is 9.59 Å². The predicted octanol–water partition coefficient (Wildman–Crippen LogP) is 2.42. The second kappa shape index (κ2) is 7.94. The van der Waals surface area contributed by atoms with Gasteiger partial charge in [0.25, 0.3) is 5.91 Å². The Hall–Kier alpha value is -1.36. The molecule has 1 aromatic heterocycles. The first-order valence-corrected chi connectivity index (χ1v) is 7.58. The van der Waals surface area contributed by atoms with Crippen LogP contribution in [0.25, 0.3) is 0 Å². The molecule has 0 fully saturated rings. The molecular weight excluding hydrogens is 260 g/mol. The van der Waals surface area contributed by atoms with Crippen LogP contribution < -0.4 is 10.6 Å². The van der Waals surface area contributed by atoms with Crippen molar-refractivity contribution in [1.29, 1.82) is 0 Å². The van der Waals surface area contributed by atoms with E-state index in [1.54, 1.807) is 13.0 Å². The molecule has 1 unspecified atom stereocenters. The number of nitrogens with one attached hydrogen (secondary N) is 2. The molecule has 1 heterocycles. The minimum atomic E-state index is -0.510. The molecule has 0 aliphatic carbocycles. The van der Waals surface area contributed by atoms with Gasteiger partial charge in [0.2, 0.25) is 5.91 Å². The normalized spacial score (nSPS) is 12.2. The van der Waals surface area contributed by atoms with E-state index >= 15 is 0 Å². The molecule has 0 aliphatic rings. The lowest BCUT2D eigenvalue weighted by atomic mass is 10.0. The highest BCUT2D eigenvalue weighted by atomic mass is 32.1. The maximum absolute atomic E-state index is 11.9. The number of hydrogen-bond donors (Lipinski definition) is 2. The summed E-state index contributed by atoms with van der Waals surface area (Å²) in [6, 6.07) is 3.05. The number of thiophene rings is 1. The maximum atomic E-state index is 11.9. The highest BCUT2D eigenvalue weighted by Crippen LogP contribution is 2.08. The summed E-state index contributed by atoms with van der Waals surface area (Å²) in [4.78, 5) is 24.3. The SMILES string of the molecule is CCC(CC)CNC(=O)C(C)NC(=O)c1cccs1. The van der Waals surface area contributed by atoms with Crippen LogP contribution in [0.2, 0.25) is 0 Å². The molecule has 5 heteroatoms. The summed E-state index contributed by atoms with van der Waals surface area (Å²) in [6.07, 6.45) is 2.10. The molecule has 2 N–H and O–H groups in total. The van der Waals surface area contributed by atoms with E-state index in [9.17, 15) is 9.59 Å². The van der Waals surface area contributed by atoms with Gasteiger partial charge in [-0.1, -0.05) is 32.8 Å². The third-order valence-corrected chi connectivity index (χ3v) is 4.07. The molecule has 2 amide bonds. The van der Waals surface area contributed by atoms with Gasteiger partial charge < -0.3 is 10.6 Å². The van der Waals surface area contributed by atoms with Gasteiger partial charge in [-0.25, -0.2) is 0 Å². The molecule has 1 atom stereocenters. The van der Waals surface area contributed by atoms with Crippen LogP contribution in [-0.2, 0) is 4.79 Å². The first kappa shape index (κ1) is 15.7. The topological polar surface area (TPSA) is 58.2 Å².